The molecule has 1 heterocycles. The summed E-state index contributed by atoms with van der Waals surface area (Å²) < 4.78 is 0. The lowest BCUT2D eigenvalue weighted by atomic mass is 10.1. The molecule has 0 saturated carbocycles. The first kappa shape index (κ1) is 14.0. The Bertz CT molecular complexity index is 533. The predicted molar refractivity (Wildman–Crippen MR) is 83.4 cm³/mol. The van der Waals surface area contributed by atoms with Crippen LogP contribution in [-0.4, -0.2) is 12.0 Å². The van der Waals surface area contributed by atoms with Crippen LogP contribution < -0.4 is 10.6 Å². The van der Waals surface area contributed by atoms with E-state index in [0.717, 1.165) is 17.2 Å². The summed E-state index contributed by atoms with van der Waals surface area (Å²) in [4.78, 5) is 8.03. The minimum Gasteiger partial charge on any atom is -0.326 e. The number of anilines is 2. The summed E-state index contributed by atoms with van der Waals surface area (Å²) in [7, 11) is 2.06. The van der Waals surface area contributed by atoms with Crippen molar-refractivity contribution in [3.05, 3.63) is 39.9 Å². The van der Waals surface area contributed by atoms with E-state index in [1.165, 1.54) is 21.7 Å². The Balaban J connectivity index is 2.37. The fourth-order valence-electron chi connectivity index (χ4n) is 2.20. The van der Waals surface area contributed by atoms with Crippen molar-refractivity contribution in [2.75, 3.05) is 11.9 Å². The van der Waals surface area contributed by atoms with Crippen LogP contribution in [0.15, 0.2) is 18.2 Å². The fourth-order valence-corrected chi connectivity index (χ4v) is 3.21. The maximum absolute atomic E-state index is 5.78. The third-order valence-corrected chi connectivity index (χ3v) is 4.36. The molecule has 102 valence electrons. The number of thiazole rings is 1. The Hall–Kier alpha value is -1.39. The number of benzene rings is 1. The van der Waals surface area contributed by atoms with E-state index in [1.54, 1.807) is 11.3 Å². The summed E-state index contributed by atoms with van der Waals surface area (Å²) in [6.07, 6.45) is 0.934. The standard InChI is InChI=1S/C15H21N3S/c1-5-13-14(9-16)19-15(17-13)18(4)12-7-10(2)6-11(3)8-12/h6-8H,5,9,16H2,1-4H3. The summed E-state index contributed by atoms with van der Waals surface area (Å²) in [5.74, 6) is 0. The van der Waals surface area contributed by atoms with Crippen molar-refractivity contribution in [2.24, 2.45) is 5.73 Å². The zero-order chi connectivity index (χ0) is 14.0. The summed E-state index contributed by atoms with van der Waals surface area (Å²) in [5, 5.41) is 1.02. The molecule has 0 radical (unpaired) electrons. The van der Waals surface area contributed by atoms with E-state index in [1.807, 2.05) is 0 Å². The lowest BCUT2D eigenvalue weighted by molar-refractivity contribution is 0.981. The zero-order valence-electron chi connectivity index (χ0n) is 12.0. The van der Waals surface area contributed by atoms with Crippen molar-refractivity contribution < 1.29 is 0 Å². The van der Waals surface area contributed by atoms with E-state index < -0.39 is 0 Å². The molecule has 0 amide bonds. The van der Waals surface area contributed by atoms with Crippen LogP contribution in [0.3, 0.4) is 0 Å². The van der Waals surface area contributed by atoms with Gasteiger partial charge in [0, 0.05) is 24.2 Å². The highest BCUT2D eigenvalue weighted by Gasteiger charge is 2.13. The molecule has 1 aromatic heterocycles. The van der Waals surface area contributed by atoms with E-state index in [-0.39, 0.29) is 0 Å². The van der Waals surface area contributed by atoms with Gasteiger partial charge in [0.1, 0.15) is 0 Å². The fraction of sp³-hybridized carbons (Fsp3) is 0.400. The molecule has 2 aromatic rings. The highest BCUT2D eigenvalue weighted by atomic mass is 32.1. The van der Waals surface area contributed by atoms with Crippen molar-refractivity contribution in [1.29, 1.82) is 0 Å². The van der Waals surface area contributed by atoms with Gasteiger partial charge in [0.2, 0.25) is 0 Å². The van der Waals surface area contributed by atoms with Gasteiger partial charge in [-0.2, -0.15) is 0 Å². The van der Waals surface area contributed by atoms with Gasteiger partial charge in [-0.3, -0.25) is 0 Å². The minimum absolute atomic E-state index is 0.571. The van der Waals surface area contributed by atoms with Crippen molar-refractivity contribution in [1.82, 2.24) is 4.98 Å². The number of aryl methyl sites for hydroxylation is 3. The molecule has 19 heavy (non-hydrogen) atoms. The van der Waals surface area contributed by atoms with Gasteiger partial charge < -0.3 is 10.6 Å². The Morgan fingerprint density at radius 2 is 1.84 bits per heavy atom. The summed E-state index contributed by atoms with van der Waals surface area (Å²) in [5.41, 5.74) is 10.6. The molecule has 4 heteroatoms. The van der Waals surface area contributed by atoms with Crippen LogP contribution in [0, 0.1) is 13.8 Å². The van der Waals surface area contributed by atoms with E-state index in [2.05, 4.69) is 50.9 Å². The zero-order valence-corrected chi connectivity index (χ0v) is 12.8. The molecule has 0 fully saturated rings. The lowest BCUT2D eigenvalue weighted by Crippen LogP contribution is -2.09. The van der Waals surface area contributed by atoms with Gasteiger partial charge in [0.05, 0.1) is 5.69 Å². The van der Waals surface area contributed by atoms with E-state index >= 15 is 0 Å². The molecule has 0 aliphatic heterocycles. The molecule has 0 atom stereocenters. The first-order chi connectivity index (χ1) is 9.05. The third-order valence-electron chi connectivity index (χ3n) is 3.17. The molecule has 0 unspecified atom stereocenters. The molecule has 0 spiro atoms. The highest BCUT2D eigenvalue weighted by Crippen LogP contribution is 2.31. The molecular weight excluding hydrogens is 254 g/mol. The lowest BCUT2D eigenvalue weighted by Gasteiger charge is -2.17. The van der Waals surface area contributed by atoms with Gasteiger partial charge in [-0.05, 0) is 43.5 Å². The van der Waals surface area contributed by atoms with Crippen LogP contribution >= 0.6 is 11.3 Å². The van der Waals surface area contributed by atoms with Crippen LogP contribution in [0.25, 0.3) is 0 Å². The predicted octanol–water partition coefficient (Wildman–Crippen LogP) is 3.55. The number of aromatic nitrogens is 1. The maximum Gasteiger partial charge on any atom is 0.190 e. The third kappa shape index (κ3) is 2.96. The van der Waals surface area contributed by atoms with Gasteiger partial charge in [0.25, 0.3) is 0 Å². The minimum atomic E-state index is 0.571. The first-order valence-corrected chi connectivity index (χ1v) is 7.37. The van der Waals surface area contributed by atoms with Gasteiger partial charge in [-0.1, -0.05) is 24.3 Å². The van der Waals surface area contributed by atoms with Crippen molar-refractivity contribution in [3.63, 3.8) is 0 Å². The molecule has 2 rings (SSSR count). The van der Waals surface area contributed by atoms with Crippen molar-refractivity contribution >= 4 is 22.2 Å². The average Bonchev–Trinajstić information content (AvgIpc) is 2.79. The number of rotatable bonds is 4. The Kier molecular flexibility index (Phi) is 4.22. The van der Waals surface area contributed by atoms with Gasteiger partial charge in [-0.25, -0.2) is 4.98 Å². The molecular formula is C15H21N3S. The van der Waals surface area contributed by atoms with E-state index in [9.17, 15) is 0 Å². The SMILES string of the molecule is CCc1nc(N(C)c2cc(C)cc(C)c2)sc1CN. The van der Waals surface area contributed by atoms with Crippen LogP contribution in [-0.2, 0) is 13.0 Å². The van der Waals surface area contributed by atoms with Crippen LogP contribution in [0.2, 0.25) is 0 Å². The van der Waals surface area contributed by atoms with Crippen LogP contribution in [0.4, 0.5) is 10.8 Å². The number of nitrogens with zero attached hydrogens (tertiary/aromatic N) is 2. The second-order valence-electron chi connectivity index (χ2n) is 4.83. The molecule has 3 nitrogen and oxygen atoms in total. The Labute approximate surface area is 119 Å². The van der Waals surface area contributed by atoms with Gasteiger partial charge in [0.15, 0.2) is 5.13 Å². The average molecular weight is 275 g/mol. The van der Waals surface area contributed by atoms with Gasteiger partial charge >= 0.3 is 0 Å². The van der Waals surface area contributed by atoms with Crippen molar-refractivity contribution in [3.8, 4) is 0 Å². The largest absolute Gasteiger partial charge is 0.326 e. The van der Waals surface area contributed by atoms with E-state index in [4.69, 9.17) is 10.7 Å². The molecule has 0 aliphatic carbocycles. The van der Waals surface area contributed by atoms with Crippen LogP contribution in [0.1, 0.15) is 28.6 Å². The molecule has 0 aliphatic rings. The smallest absolute Gasteiger partial charge is 0.190 e. The number of nitrogens with two attached hydrogens (primary N) is 1. The second kappa shape index (κ2) is 5.72. The van der Waals surface area contributed by atoms with E-state index in [0.29, 0.717) is 6.54 Å². The monoisotopic (exact) mass is 275 g/mol. The summed E-state index contributed by atoms with van der Waals surface area (Å²) >= 11 is 1.69. The summed E-state index contributed by atoms with van der Waals surface area (Å²) in [6.45, 7) is 6.93. The Morgan fingerprint density at radius 1 is 1.21 bits per heavy atom. The maximum atomic E-state index is 5.78. The second-order valence-corrected chi connectivity index (χ2v) is 5.89. The van der Waals surface area contributed by atoms with Crippen molar-refractivity contribution in [2.45, 2.75) is 33.7 Å². The van der Waals surface area contributed by atoms with Crippen LogP contribution in [0.5, 0.6) is 0 Å². The molecule has 1 aromatic carbocycles. The first-order valence-electron chi connectivity index (χ1n) is 6.55. The molecule has 0 bridgehead atoms. The quantitative estimate of drug-likeness (QED) is 0.928. The molecule has 0 saturated heterocycles. The Morgan fingerprint density at radius 3 is 2.32 bits per heavy atom. The molecule has 2 N–H and O–H groups in total. The number of hydrogen-bond acceptors (Lipinski definition) is 4. The number of hydrogen-bond donors (Lipinski definition) is 1. The normalized spacial score (nSPS) is 10.8. The highest BCUT2D eigenvalue weighted by molar-refractivity contribution is 7.15. The van der Waals surface area contributed by atoms with Gasteiger partial charge in [-0.15, -0.1) is 0 Å². The topological polar surface area (TPSA) is 42.2 Å². The summed E-state index contributed by atoms with van der Waals surface area (Å²) in [6, 6.07) is 6.55.